The zero-order chi connectivity index (χ0) is 15.7. The van der Waals surface area contributed by atoms with Crippen molar-refractivity contribution in [2.45, 2.75) is 45.3 Å². The first-order valence-corrected chi connectivity index (χ1v) is 7.03. The van der Waals surface area contributed by atoms with Gasteiger partial charge in [-0.15, -0.1) is 0 Å². The van der Waals surface area contributed by atoms with Crippen molar-refractivity contribution < 1.29 is 18.3 Å². The normalized spacial score (nSPS) is 12.2. The number of ether oxygens (including phenoxy) is 1. The van der Waals surface area contributed by atoms with E-state index in [9.17, 15) is 13.6 Å². The lowest BCUT2D eigenvalue weighted by molar-refractivity contribution is -0.121. The molecule has 21 heavy (non-hydrogen) atoms. The summed E-state index contributed by atoms with van der Waals surface area (Å²) in [5.74, 6) is 0.141. The van der Waals surface area contributed by atoms with Crippen LogP contribution in [-0.2, 0) is 11.2 Å². The topological polar surface area (TPSA) is 64.4 Å². The average molecular weight is 300 g/mol. The summed E-state index contributed by atoms with van der Waals surface area (Å²) in [6.45, 7) is -0.378. The number of hydrogen-bond donors (Lipinski definition) is 2. The third-order valence-electron chi connectivity index (χ3n) is 2.95. The van der Waals surface area contributed by atoms with Gasteiger partial charge in [0.1, 0.15) is 5.75 Å². The lowest BCUT2D eigenvalue weighted by Crippen LogP contribution is -2.26. The standard InChI is InChI=1S/C15H22F2N2O2/c1-11(18)3-2-4-14(20)19-10-9-12-5-7-13(8-6-12)21-15(16)17/h5-8,11,15H,2-4,9-10,18H2,1H3,(H,19,20). The highest BCUT2D eigenvalue weighted by atomic mass is 19.3. The predicted molar refractivity (Wildman–Crippen MR) is 77.3 cm³/mol. The number of amides is 1. The molecule has 1 aromatic rings. The van der Waals surface area contributed by atoms with Crippen LogP contribution in [0.1, 0.15) is 31.7 Å². The first kappa shape index (κ1) is 17.4. The van der Waals surface area contributed by atoms with E-state index in [1.165, 1.54) is 12.1 Å². The molecular formula is C15H22F2N2O2. The van der Waals surface area contributed by atoms with Crippen LogP contribution in [0, 0.1) is 0 Å². The van der Waals surface area contributed by atoms with E-state index in [1.807, 2.05) is 6.92 Å². The molecule has 1 amide bonds. The molecule has 6 heteroatoms. The lowest BCUT2D eigenvalue weighted by Gasteiger charge is -2.08. The Labute approximate surface area is 123 Å². The fourth-order valence-electron chi connectivity index (χ4n) is 1.86. The first-order chi connectivity index (χ1) is 9.97. The summed E-state index contributed by atoms with van der Waals surface area (Å²) >= 11 is 0. The van der Waals surface area contributed by atoms with Gasteiger partial charge in [0.05, 0.1) is 0 Å². The maximum Gasteiger partial charge on any atom is 0.387 e. The van der Waals surface area contributed by atoms with Crippen molar-refractivity contribution in [3.8, 4) is 5.75 Å². The summed E-state index contributed by atoms with van der Waals surface area (Å²) < 4.78 is 28.2. The summed E-state index contributed by atoms with van der Waals surface area (Å²) in [5, 5.41) is 2.82. The van der Waals surface area contributed by atoms with Crippen molar-refractivity contribution in [2.24, 2.45) is 5.73 Å². The van der Waals surface area contributed by atoms with Crippen LogP contribution in [0.2, 0.25) is 0 Å². The van der Waals surface area contributed by atoms with Gasteiger partial charge in [0.2, 0.25) is 5.91 Å². The Hall–Kier alpha value is -1.69. The molecule has 0 aliphatic rings. The van der Waals surface area contributed by atoms with E-state index in [0.717, 1.165) is 18.4 Å². The van der Waals surface area contributed by atoms with Crippen molar-refractivity contribution in [3.05, 3.63) is 29.8 Å². The van der Waals surface area contributed by atoms with Gasteiger partial charge in [-0.3, -0.25) is 4.79 Å². The van der Waals surface area contributed by atoms with E-state index in [0.29, 0.717) is 19.4 Å². The second-order valence-electron chi connectivity index (χ2n) is 4.99. The molecule has 3 N–H and O–H groups in total. The molecule has 0 aliphatic heterocycles. The minimum absolute atomic E-state index is 0.00769. The van der Waals surface area contributed by atoms with Gasteiger partial charge in [0.15, 0.2) is 0 Å². The molecule has 0 aliphatic carbocycles. The Kier molecular flexibility index (Phi) is 7.68. The van der Waals surface area contributed by atoms with Gasteiger partial charge in [-0.2, -0.15) is 8.78 Å². The summed E-state index contributed by atoms with van der Waals surface area (Å²) in [6, 6.07) is 6.52. The summed E-state index contributed by atoms with van der Waals surface area (Å²) in [5.41, 5.74) is 6.56. The lowest BCUT2D eigenvalue weighted by atomic mass is 10.1. The fraction of sp³-hybridized carbons (Fsp3) is 0.533. The Morgan fingerprint density at radius 2 is 2.00 bits per heavy atom. The molecule has 1 unspecified atom stereocenters. The largest absolute Gasteiger partial charge is 0.435 e. The van der Waals surface area contributed by atoms with Crippen LogP contribution in [0.15, 0.2) is 24.3 Å². The van der Waals surface area contributed by atoms with Crippen LogP contribution in [0.5, 0.6) is 5.75 Å². The number of carbonyl (C=O) groups excluding carboxylic acids is 1. The maximum absolute atomic E-state index is 12.0. The van der Waals surface area contributed by atoms with E-state index in [-0.39, 0.29) is 17.7 Å². The van der Waals surface area contributed by atoms with Crippen LogP contribution < -0.4 is 15.8 Å². The fourth-order valence-corrected chi connectivity index (χ4v) is 1.86. The van der Waals surface area contributed by atoms with Crippen molar-refractivity contribution in [1.82, 2.24) is 5.32 Å². The SMILES string of the molecule is CC(N)CCCC(=O)NCCc1ccc(OC(F)F)cc1. The average Bonchev–Trinajstić information content (AvgIpc) is 2.39. The highest BCUT2D eigenvalue weighted by Crippen LogP contribution is 2.14. The van der Waals surface area contributed by atoms with E-state index < -0.39 is 6.61 Å². The number of rotatable bonds is 9. The van der Waals surface area contributed by atoms with Crippen molar-refractivity contribution in [2.75, 3.05) is 6.54 Å². The van der Waals surface area contributed by atoms with Gasteiger partial charge >= 0.3 is 6.61 Å². The number of alkyl halides is 2. The number of hydrogen-bond acceptors (Lipinski definition) is 3. The molecule has 0 saturated heterocycles. The van der Waals surface area contributed by atoms with Crippen molar-refractivity contribution in [1.29, 1.82) is 0 Å². The summed E-state index contributed by atoms with van der Waals surface area (Å²) in [7, 11) is 0. The number of nitrogens with one attached hydrogen (secondary N) is 1. The van der Waals surface area contributed by atoms with Crippen molar-refractivity contribution in [3.63, 3.8) is 0 Å². The molecule has 0 heterocycles. The molecule has 0 bridgehead atoms. The number of halogens is 2. The van der Waals surface area contributed by atoms with Gasteiger partial charge in [-0.25, -0.2) is 0 Å². The smallest absolute Gasteiger partial charge is 0.387 e. The van der Waals surface area contributed by atoms with Gasteiger partial charge in [0, 0.05) is 19.0 Å². The third kappa shape index (κ3) is 8.24. The molecule has 0 radical (unpaired) electrons. The van der Waals surface area contributed by atoms with Crippen LogP contribution >= 0.6 is 0 Å². The van der Waals surface area contributed by atoms with E-state index in [2.05, 4.69) is 10.1 Å². The molecule has 1 atom stereocenters. The monoisotopic (exact) mass is 300 g/mol. The predicted octanol–water partition coefficient (Wildman–Crippen LogP) is 2.46. The summed E-state index contributed by atoms with van der Waals surface area (Å²) in [4.78, 5) is 11.5. The number of nitrogens with two attached hydrogens (primary N) is 1. The van der Waals surface area contributed by atoms with E-state index in [1.54, 1.807) is 12.1 Å². The molecule has 118 valence electrons. The first-order valence-electron chi connectivity index (χ1n) is 7.03. The zero-order valence-electron chi connectivity index (χ0n) is 12.1. The molecule has 1 aromatic carbocycles. The number of benzene rings is 1. The third-order valence-corrected chi connectivity index (χ3v) is 2.95. The Bertz CT molecular complexity index is 422. The van der Waals surface area contributed by atoms with Crippen molar-refractivity contribution >= 4 is 5.91 Å². The van der Waals surface area contributed by atoms with E-state index in [4.69, 9.17) is 5.73 Å². The van der Waals surface area contributed by atoms with Crippen LogP contribution in [0.4, 0.5) is 8.78 Å². The maximum atomic E-state index is 12.0. The van der Waals surface area contributed by atoms with Gasteiger partial charge in [-0.1, -0.05) is 12.1 Å². The second kappa shape index (κ2) is 9.28. The number of carbonyl (C=O) groups is 1. The van der Waals surface area contributed by atoms with Gasteiger partial charge in [0.25, 0.3) is 0 Å². The van der Waals surface area contributed by atoms with Crippen LogP contribution in [-0.4, -0.2) is 25.1 Å². The van der Waals surface area contributed by atoms with Gasteiger partial charge in [-0.05, 0) is 43.9 Å². The molecule has 0 fully saturated rings. The quantitative estimate of drug-likeness (QED) is 0.736. The molecular weight excluding hydrogens is 278 g/mol. The minimum atomic E-state index is -2.81. The molecule has 0 aromatic heterocycles. The Morgan fingerprint density at radius 3 is 2.57 bits per heavy atom. The Morgan fingerprint density at radius 1 is 1.33 bits per heavy atom. The van der Waals surface area contributed by atoms with Crippen LogP contribution in [0.25, 0.3) is 0 Å². The zero-order valence-corrected chi connectivity index (χ0v) is 12.1. The highest BCUT2D eigenvalue weighted by Gasteiger charge is 2.05. The van der Waals surface area contributed by atoms with E-state index >= 15 is 0 Å². The molecule has 0 spiro atoms. The molecule has 1 rings (SSSR count). The van der Waals surface area contributed by atoms with Gasteiger partial charge < -0.3 is 15.8 Å². The molecule has 4 nitrogen and oxygen atoms in total. The van der Waals surface area contributed by atoms with Crippen LogP contribution in [0.3, 0.4) is 0 Å². The Balaban J connectivity index is 2.21. The second-order valence-corrected chi connectivity index (χ2v) is 4.99. The summed E-state index contributed by atoms with van der Waals surface area (Å²) in [6.07, 6.45) is 2.73. The highest BCUT2D eigenvalue weighted by molar-refractivity contribution is 5.75. The minimum Gasteiger partial charge on any atom is -0.435 e. The molecule has 0 saturated carbocycles.